The summed E-state index contributed by atoms with van der Waals surface area (Å²) in [5, 5.41) is 3.70. The summed E-state index contributed by atoms with van der Waals surface area (Å²) in [5.74, 6) is 0.428. The van der Waals surface area contributed by atoms with Gasteiger partial charge in [-0.25, -0.2) is 0 Å². The molecule has 1 heterocycles. The van der Waals surface area contributed by atoms with Crippen LogP contribution in [0, 0.1) is 6.92 Å². The lowest BCUT2D eigenvalue weighted by atomic mass is 10.2. The number of alkyl halides is 2. The van der Waals surface area contributed by atoms with E-state index in [9.17, 15) is 13.6 Å². The van der Waals surface area contributed by atoms with E-state index < -0.39 is 12.2 Å². The van der Waals surface area contributed by atoms with E-state index in [1.165, 1.54) is 25.4 Å². The van der Waals surface area contributed by atoms with E-state index in [-0.39, 0.29) is 17.4 Å². The zero-order valence-electron chi connectivity index (χ0n) is 15.7. The van der Waals surface area contributed by atoms with Crippen molar-refractivity contribution in [3.8, 4) is 11.5 Å². The Morgan fingerprint density at radius 2 is 1.93 bits per heavy atom. The van der Waals surface area contributed by atoms with Crippen molar-refractivity contribution < 1.29 is 18.3 Å². The molecule has 0 saturated carbocycles. The summed E-state index contributed by atoms with van der Waals surface area (Å²) in [4.78, 5) is 16.2. The second-order valence-electron chi connectivity index (χ2n) is 6.13. The fourth-order valence-corrected chi connectivity index (χ4v) is 2.84. The van der Waals surface area contributed by atoms with E-state index in [1.807, 2.05) is 13.0 Å². The van der Waals surface area contributed by atoms with Crippen LogP contribution in [0.2, 0.25) is 5.02 Å². The van der Waals surface area contributed by atoms with Gasteiger partial charge in [0.25, 0.3) is 0 Å². The number of rotatable bonds is 7. The van der Waals surface area contributed by atoms with Crippen LogP contribution in [0.15, 0.2) is 53.5 Å². The molecule has 152 valence electrons. The summed E-state index contributed by atoms with van der Waals surface area (Å²) in [6, 6.07) is 11.6. The number of anilines is 2. The van der Waals surface area contributed by atoms with Crippen LogP contribution in [0.1, 0.15) is 11.1 Å². The molecule has 3 aromatic rings. The molecule has 9 heteroatoms. The minimum Gasteiger partial charge on any atom is -0.490 e. The predicted molar refractivity (Wildman–Crippen MR) is 107 cm³/mol. The van der Waals surface area contributed by atoms with Crippen molar-refractivity contribution in [2.75, 3.05) is 12.4 Å². The van der Waals surface area contributed by atoms with Gasteiger partial charge in [0, 0.05) is 10.7 Å². The highest BCUT2D eigenvalue weighted by Gasteiger charge is 2.12. The standard InChI is InChI=1S/C20H18ClF2N3O3/c1-12-15(21)4-3-5-16(12)24-20-25-18(27)17(28-2)11-26(20)10-13-6-8-14(9-7-13)29-19(22)23/h3-9,11,19H,10H2,1-2H3,(H,24,25,27). The Morgan fingerprint density at radius 3 is 2.59 bits per heavy atom. The van der Waals surface area contributed by atoms with Crippen LogP contribution in [-0.2, 0) is 6.54 Å². The highest BCUT2D eigenvalue weighted by Crippen LogP contribution is 2.26. The lowest BCUT2D eigenvalue weighted by Gasteiger charge is -2.17. The molecule has 0 aliphatic rings. The molecule has 0 unspecified atom stereocenters. The lowest BCUT2D eigenvalue weighted by molar-refractivity contribution is -0.0498. The second-order valence-corrected chi connectivity index (χ2v) is 6.53. The molecule has 6 nitrogen and oxygen atoms in total. The van der Waals surface area contributed by atoms with Crippen LogP contribution in [0.4, 0.5) is 20.4 Å². The van der Waals surface area contributed by atoms with Gasteiger partial charge in [-0.3, -0.25) is 4.79 Å². The first-order chi connectivity index (χ1) is 13.9. The Bertz CT molecular complexity index is 1060. The van der Waals surface area contributed by atoms with Gasteiger partial charge < -0.3 is 19.4 Å². The first-order valence-corrected chi connectivity index (χ1v) is 8.96. The minimum atomic E-state index is -2.88. The average molecular weight is 422 g/mol. The summed E-state index contributed by atoms with van der Waals surface area (Å²) in [6.07, 6.45) is 1.53. The Balaban J connectivity index is 1.94. The number of benzene rings is 2. The Labute approximate surface area is 170 Å². The van der Waals surface area contributed by atoms with Crippen molar-refractivity contribution in [2.45, 2.75) is 20.1 Å². The molecule has 0 aliphatic heterocycles. The normalized spacial score (nSPS) is 10.8. The zero-order valence-corrected chi connectivity index (χ0v) is 16.4. The summed E-state index contributed by atoms with van der Waals surface area (Å²) < 4.78 is 35.8. The molecule has 0 spiro atoms. The van der Waals surface area contributed by atoms with Crippen molar-refractivity contribution in [2.24, 2.45) is 0 Å². The van der Waals surface area contributed by atoms with Gasteiger partial charge in [-0.2, -0.15) is 13.8 Å². The summed E-state index contributed by atoms with van der Waals surface area (Å²) >= 11 is 6.17. The van der Waals surface area contributed by atoms with E-state index >= 15 is 0 Å². The SMILES string of the molecule is COc1cn(Cc2ccc(OC(F)F)cc2)c(Nc2cccc(Cl)c2C)nc1=O. The van der Waals surface area contributed by atoms with Gasteiger partial charge in [-0.1, -0.05) is 29.8 Å². The van der Waals surface area contributed by atoms with Gasteiger partial charge in [0.05, 0.1) is 19.9 Å². The van der Waals surface area contributed by atoms with E-state index in [1.54, 1.807) is 28.8 Å². The number of methoxy groups -OCH3 is 1. The van der Waals surface area contributed by atoms with Crippen LogP contribution in [-0.4, -0.2) is 23.3 Å². The fourth-order valence-electron chi connectivity index (χ4n) is 2.67. The van der Waals surface area contributed by atoms with E-state index in [2.05, 4.69) is 15.0 Å². The van der Waals surface area contributed by atoms with Crippen LogP contribution in [0.25, 0.3) is 0 Å². The molecule has 0 atom stereocenters. The average Bonchev–Trinajstić information content (AvgIpc) is 2.68. The highest BCUT2D eigenvalue weighted by atomic mass is 35.5. The fraction of sp³-hybridized carbons (Fsp3) is 0.200. The number of nitrogens with zero attached hydrogens (tertiary/aromatic N) is 2. The summed E-state index contributed by atoms with van der Waals surface area (Å²) in [5.41, 5.74) is 1.76. The van der Waals surface area contributed by atoms with Gasteiger partial charge in [-0.05, 0) is 42.3 Å². The third kappa shape index (κ3) is 5.03. The maximum Gasteiger partial charge on any atom is 0.387 e. The second kappa shape index (κ2) is 8.91. The van der Waals surface area contributed by atoms with E-state index in [0.717, 1.165) is 11.1 Å². The van der Waals surface area contributed by atoms with Crippen LogP contribution in [0.3, 0.4) is 0 Å². The van der Waals surface area contributed by atoms with Gasteiger partial charge in [0.15, 0.2) is 0 Å². The van der Waals surface area contributed by atoms with Crippen molar-refractivity contribution in [3.63, 3.8) is 0 Å². The molecule has 0 aliphatic carbocycles. The smallest absolute Gasteiger partial charge is 0.387 e. The number of nitrogens with one attached hydrogen (secondary N) is 1. The van der Waals surface area contributed by atoms with Crippen LogP contribution < -0.4 is 20.3 Å². The Hall–Kier alpha value is -3.13. The first kappa shape index (κ1) is 20.6. The molecule has 29 heavy (non-hydrogen) atoms. The van der Waals surface area contributed by atoms with Gasteiger partial charge >= 0.3 is 12.2 Å². The monoisotopic (exact) mass is 421 g/mol. The number of hydrogen-bond acceptors (Lipinski definition) is 5. The Kier molecular flexibility index (Phi) is 6.33. The molecule has 3 rings (SSSR count). The van der Waals surface area contributed by atoms with Gasteiger partial charge in [0.2, 0.25) is 11.7 Å². The van der Waals surface area contributed by atoms with Crippen molar-refractivity contribution in [1.29, 1.82) is 0 Å². The highest BCUT2D eigenvalue weighted by molar-refractivity contribution is 6.31. The first-order valence-electron chi connectivity index (χ1n) is 8.58. The molecule has 0 bridgehead atoms. The minimum absolute atomic E-state index is 0.0623. The van der Waals surface area contributed by atoms with Crippen molar-refractivity contribution in [1.82, 2.24) is 9.55 Å². The number of ether oxygens (including phenoxy) is 2. The molecule has 0 amide bonds. The molecule has 0 radical (unpaired) electrons. The topological polar surface area (TPSA) is 65.4 Å². The lowest BCUT2D eigenvalue weighted by Crippen LogP contribution is -2.19. The zero-order chi connectivity index (χ0) is 21.0. The largest absolute Gasteiger partial charge is 0.490 e. The van der Waals surface area contributed by atoms with Gasteiger partial charge in [0.1, 0.15) is 5.75 Å². The molecular weight excluding hydrogens is 404 g/mol. The maximum atomic E-state index is 12.3. The van der Waals surface area contributed by atoms with E-state index in [0.29, 0.717) is 17.3 Å². The molecule has 0 saturated heterocycles. The van der Waals surface area contributed by atoms with Crippen LogP contribution >= 0.6 is 11.6 Å². The maximum absolute atomic E-state index is 12.3. The molecule has 1 N–H and O–H groups in total. The number of halogens is 3. The number of aromatic nitrogens is 2. The third-order valence-electron chi connectivity index (χ3n) is 4.20. The van der Waals surface area contributed by atoms with Crippen molar-refractivity contribution >= 4 is 23.2 Å². The molecule has 2 aromatic carbocycles. The molecular formula is C20H18ClF2N3O3. The number of hydrogen-bond donors (Lipinski definition) is 1. The molecule has 1 aromatic heterocycles. The Morgan fingerprint density at radius 1 is 1.21 bits per heavy atom. The van der Waals surface area contributed by atoms with Crippen molar-refractivity contribution in [3.05, 3.63) is 75.2 Å². The van der Waals surface area contributed by atoms with Crippen LogP contribution in [0.5, 0.6) is 11.5 Å². The van der Waals surface area contributed by atoms with Gasteiger partial charge in [-0.15, -0.1) is 0 Å². The predicted octanol–water partition coefficient (Wildman–Crippen LogP) is 4.61. The quantitative estimate of drug-likeness (QED) is 0.603. The summed E-state index contributed by atoms with van der Waals surface area (Å²) in [7, 11) is 1.38. The third-order valence-corrected chi connectivity index (χ3v) is 4.61. The van der Waals surface area contributed by atoms with E-state index in [4.69, 9.17) is 16.3 Å². The molecule has 0 fully saturated rings. The summed E-state index contributed by atoms with van der Waals surface area (Å²) in [6.45, 7) is -0.733.